The van der Waals surface area contributed by atoms with Gasteiger partial charge in [0.1, 0.15) is 11.5 Å². The molecule has 0 amide bonds. The van der Waals surface area contributed by atoms with Gasteiger partial charge in [-0.05, 0) is 13.1 Å². The lowest BCUT2D eigenvalue weighted by Gasteiger charge is -2.39. The number of hydrogen-bond acceptors (Lipinski definition) is 5. The predicted molar refractivity (Wildman–Crippen MR) is 75.4 cm³/mol. The summed E-state index contributed by atoms with van der Waals surface area (Å²) in [6.07, 6.45) is 0. The van der Waals surface area contributed by atoms with Crippen molar-refractivity contribution in [2.45, 2.75) is 12.6 Å². The number of piperazine rings is 1. The first-order valence-electron chi connectivity index (χ1n) is 6.62. The molecule has 1 aromatic carbocycles. The number of benzene rings is 1. The van der Waals surface area contributed by atoms with Crippen LogP contribution in [-0.2, 0) is 6.54 Å². The van der Waals surface area contributed by atoms with E-state index < -0.39 is 0 Å². The molecule has 0 aliphatic carbocycles. The molecule has 0 saturated carbocycles. The Morgan fingerprint density at radius 3 is 2.84 bits per heavy atom. The molecule has 1 aliphatic heterocycles. The predicted octanol–water partition coefficient (Wildman–Crippen LogP) is 0.476. The second-order valence-electron chi connectivity index (χ2n) is 5.12. The van der Waals surface area contributed by atoms with Gasteiger partial charge in [-0.1, -0.05) is 6.07 Å². The molecule has 1 saturated heterocycles. The van der Waals surface area contributed by atoms with Gasteiger partial charge in [0.15, 0.2) is 0 Å². The van der Waals surface area contributed by atoms with Gasteiger partial charge >= 0.3 is 0 Å². The fraction of sp³-hybridized carbons (Fsp3) is 0.571. The SMILES string of the molecule is COc1ccc(CN2CCN(C)CC2CN)c(O)c1. The van der Waals surface area contributed by atoms with Gasteiger partial charge in [0.05, 0.1) is 7.11 Å². The standard InChI is InChI=1S/C14H23N3O2/c1-16-5-6-17(12(8-15)10-16)9-11-3-4-13(19-2)7-14(11)18/h3-4,7,12,18H,5-6,8-10,15H2,1-2H3. The Morgan fingerprint density at radius 1 is 1.42 bits per heavy atom. The summed E-state index contributed by atoms with van der Waals surface area (Å²) in [5.74, 6) is 0.962. The van der Waals surface area contributed by atoms with Gasteiger partial charge < -0.3 is 20.5 Å². The Balaban J connectivity index is 2.07. The summed E-state index contributed by atoms with van der Waals surface area (Å²) in [5, 5.41) is 10.0. The molecule has 1 heterocycles. The summed E-state index contributed by atoms with van der Waals surface area (Å²) in [7, 11) is 3.71. The second kappa shape index (κ2) is 6.23. The molecule has 5 nitrogen and oxygen atoms in total. The van der Waals surface area contributed by atoms with E-state index in [4.69, 9.17) is 10.5 Å². The van der Waals surface area contributed by atoms with Gasteiger partial charge in [-0.25, -0.2) is 0 Å². The van der Waals surface area contributed by atoms with Gasteiger partial charge in [0, 0.05) is 50.4 Å². The Labute approximate surface area is 114 Å². The molecule has 1 aromatic rings. The lowest BCUT2D eigenvalue weighted by molar-refractivity contribution is 0.0874. The summed E-state index contributed by atoms with van der Waals surface area (Å²) in [6.45, 7) is 4.36. The Kier molecular flexibility index (Phi) is 4.63. The lowest BCUT2D eigenvalue weighted by Crippen LogP contribution is -2.54. The maximum absolute atomic E-state index is 10.0. The van der Waals surface area contributed by atoms with E-state index in [1.54, 1.807) is 13.2 Å². The van der Waals surface area contributed by atoms with E-state index in [9.17, 15) is 5.11 Å². The summed E-state index contributed by atoms with van der Waals surface area (Å²) in [4.78, 5) is 4.63. The number of methoxy groups -OCH3 is 1. The van der Waals surface area contributed by atoms with Crippen LogP contribution in [0.4, 0.5) is 0 Å². The third kappa shape index (κ3) is 3.37. The summed E-state index contributed by atoms with van der Waals surface area (Å²) in [6, 6.07) is 5.80. The monoisotopic (exact) mass is 265 g/mol. The molecule has 3 N–H and O–H groups in total. The Morgan fingerprint density at radius 2 is 2.21 bits per heavy atom. The van der Waals surface area contributed by atoms with Crippen LogP contribution in [0, 0.1) is 0 Å². The molecule has 1 aliphatic rings. The van der Waals surface area contributed by atoms with E-state index in [1.807, 2.05) is 12.1 Å². The third-order valence-electron chi connectivity index (χ3n) is 3.75. The molecule has 0 aromatic heterocycles. The first-order chi connectivity index (χ1) is 9.13. The van der Waals surface area contributed by atoms with Crippen molar-refractivity contribution in [2.75, 3.05) is 40.3 Å². The third-order valence-corrected chi connectivity index (χ3v) is 3.75. The van der Waals surface area contributed by atoms with E-state index in [2.05, 4.69) is 16.8 Å². The van der Waals surface area contributed by atoms with Crippen molar-refractivity contribution in [3.05, 3.63) is 23.8 Å². The summed E-state index contributed by atoms with van der Waals surface area (Å²) < 4.78 is 5.10. The van der Waals surface area contributed by atoms with Gasteiger partial charge in [-0.15, -0.1) is 0 Å². The number of ether oxygens (including phenoxy) is 1. The highest BCUT2D eigenvalue weighted by Crippen LogP contribution is 2.25. The smallest absolute Gasteiger partial charge is 0.123 e. The van der Waals surface area contributed by atoms with Crippen molar-refractivity contribution in [1.82, 2.24) is 9.80 Å². The Hall–Kier alpha value is -1.30. The van der Waals surface area contributed by atoms with Crippen molar-refractivity contribution >= 4 is 0 Å². The zero-order chi connectivity index (χ0) is 13.8. The summed E-state index contributed by atoms with van der Waals surface area (Å²) in [5.41, 5.74) is 6.76. The van der Waals surface area contributed by atoms with Crippen LogP contribution in [0.1, 0.15) is 5.56 Å². The maximum Gasteiger partial charge on any atom is 0.123 e. The van der Waals surface area contributed by atoms with Crippen LogP contribution in [0.25, 0.3) is 0 Å². The number of phenols is 1. The van der Waals surface area contributed by atoms with Crippen LogP contribution < -0.4 is 10.5 Å². The molecule has 1 unspecified atom stereocenters. The molecule has 0 spiro atoms. The van der Waals surface area contributed by atoms with Crippen LogP contribution in [0.5, 0.6) is 11.5 Å². The molecular weight excluding hydrogens is 242 g/mol. The van der Waals surface area contributed by atoms with Gasteiger partial charge in [-0.2, -0.15) is 0 Å². The molecule has 1 atom stereocenters. The zero-order valence-electron chi connectivity index (χ0n) is 11.7. The lowest BCUT2D eigenvalue weighted by atomic mass is 10.1. The van der Waals surface area contributed by atoms with Crippen molar-refractivity contribution in [3.63, 3.8) is 0 Å². The second-order valence-corrected chi connectivity index (χ2v) is 5.12. The molecule has 0 bridgehead atoms. The maximum atomic E-state index is 10.0. The molecule has 5 heteroatoms. The average Bonchev–Trinajstić information content (AvgIpc) is 2.42. The summed E-state index contributed by atoms with van der Waals surface area (Å²) >= 11 is 0. The zero-order valence-corrected chi connectivity index (χ0v) is 11.7. The molecule has 0 radical (unpaired) electrons. The van der Waals surface area contributed by atoms with Gasteiger partial charge in [0.25, 0.3) is 0 Å². The first kappa shape index (κ1) is 14.1. The van der Waals surface area contributed by atoms with Crippen LogP contribution in [0.3, 0.4) is 0 Å². The van der Waals surface area contributed by atoms with Crippen molar-refractivity contribution in [3.8, 4) is 11.5 Å². The number of likely N-dealkylation sites (N-methyl/N-ethyl adjacent to an activating group) is 1. The number of aromatic hydroxyl groups is 1. The molecular formula is C14H23N3O2. The number of nitrogens with two attached hydrogens (primary N) is 1. The normalized spacial score (nSPS) is 21.5. The van der Waals surface area contributed by atoms with Crippen LogP contribution in [-0.4, -0.2) is 61.3 Å². The molecule has 2 rings (SSSR count). The van der Waals surface area contributed by atoms with Crippen molar-refractivity contribution in [1.29, 1.82) is 0 Å². The van der Waals surface area contributed by atoms with E-state index >= 15 is 0 Å². The number of rotatable bonds is 4. The van der Waals surface area contributed by atoms with Crippen LogP contribution in [0.15, 0.2) is 18.2 Å². The van der Waals surface area contributed by atoms with E-state index in [-0.39, 0.29) is 5.75 Å². The van der Waals surface area contributed by atoms with Crippen molar-refractivity contribution in [2.24, 2.45) is 5.73 Å². The largest absolute Gasteiger partial charge is 0.507 e. The molecule has 106 valence electrons. The highest BCUT2D eigenvalue weighted by Gasteiger charge is 2.24. The fourth-order valence-electron chi connectivity index (χ4n) is 2.50. The topological polar surface area (TPSA) is 62.0 Å². The van der Waals surface area contributed by atoms with E-state index in [0.29, 0.717) is 18.3 Å². The highest BCUT2D eigenvalue weighted by molar-refractivity contribution is 5.39. The minimum atomic E-state index is 0.286. The van der Waals surface area contributed by atoms with Gasteiger partial charge in [0.2, 0.25) is 0 Å². The average molecular weight is 265 g/mol. The van der Waals surface area contributed by atoms with Crippen molar-refractivity contribution < 1.29 is 9.84 Å². The van der Waals surface area contributed by atoms with E-state index in [1.165, 1.54) is 0 Å². The minimum Gasteiger partial charge on any atom is -0.507 e. The van der Waals surface area contributed by atoms with Crippen LogP contribution >= 0.6 is 0 Å². The minimum absolute atomic E-state index is 0.286. The first-order valence-corrected chi connectivity index (χ1v) is 6.62. The quantitative estimate of drug-likeness (QED) is 0.829. The number of phenolic OH excluding ortho intramolecular Hbond substituents is 1. The number of hydrogen-bond donors (Lipinski definition) is 2. The van der Waals surface area contributed by atoms with Gasteiger partial charge in [-0.3, -0.25) is 4.90 Å². The Bertz CT molecular complexity index is 425. The molecule has 19 heavy (non-hydrogen) atoms. The highest BCUT2D eigenvalue weighted by atomic mass is 16.5. The fourth-order valence-corrected chi connectivity index (χ4v) is 2.50. The van der Waals surface area contributed by atoms with Crippen LogP contribution in [0.2, 0.25) is 0 Å². The number of nitrogens with zero attached hydrogens (tertiary/aromatic N) is 2. The molecule has 1 fully saturated rings. The van der Waals surface area contributed by atoms with E-state index in [0.717, 1.165) is 31.7 Å².